The van der Waals surface area contributed by atoms with E-state index in [0.717, 1.165) is 30.1 Å². The fraction of sp³-hybridized carbons (Fsp3) is 0.222. The Morgan fingerprint density at radius 2 is 1.82 bits per heavy atom. The molecule has 1 saturated heterocycles. The Bertz CT molecular complexity index is 1210. The van der Waals surface area contributed by atoms with Crippen molar-refractivity contribution in [3.63, 3.8) is 0 Å². The van der Waals surface area contributed by atoms with Crippen molar-refractivity contribution < 1.29 is 9.53 Å². The third-order valence-corrected chi connectivity index (χ3v) is 5.70. The minimum atomic E-state index is -0.248. The first kappa shape index (κ1) is 23.0. The van der Waals surface area contributed by atoms with Crippen molar-refractivity contribution in [2.45, 2.75) is 0 Å². The van der Waals surface area contributed by atoms with E-state index in [1.54, 1.807) is 21.7 Å². The molecule has 0 aliphatic carbocycles. The van der Waals surface area contributed by atoms with Crippen molar-refractivity contribution in [3.05, 3.63) is 84.6 Å². The minimum Gasteiger partial charge on any atom is -0.490 e. The summed E-state index contributed by atoms with van der Waals surface area (Å²) in [4.78, 5) is 17.0. The number of nitrogens with zero attached hydrogens (tertiary/aromatic N) is 5. The molecule has 0 N–H and O–H groups in total. The molecule has 1 aliphatic rings. The maximum Gasteiger partial charge on any atom is 0.264 e. The molecule has 0 saturated carbocycles. The van der Waals surface area contributed by atoms with Gasteiger partial charge in [0.2, 0.25) is 0 Å². The van der Waals surface area contributed by atoms with Crippen LogP contribution < -0.4 is 4.74 Å². The van der Waals surface area contributed by atoms with Crippen LogP contribution in [-0.4, -0.2) is 65.3 Å². The van der Waals surface area contributed by atoms with Crippen molar-refractivity contribution in [3.8, 4) is 28.8 Å². The Morgan fingerprint density at radius 1 is 1.12 bits per heavy atom. The number of amides is 1. The van der Waals surface area contributed by atoms with Crippen LogP contribution in [0, 0.1) is 11.3 Å². The highest BCUT2D eigenvalue weighted by atomic mass is 16.5. The van der Waals surface area contributed by atoms with E-state index in [-0.39, 0.29) is 11.5 Å². The molecule has 7 heteroatoms. The number of para-hydroxylation sites is 1. The van der Waals surface area contributed by atoms with Crippen LogP contribution in [0.1, 0.15) is 5.56 Å². The molecular formula is C27H27N5O2. The molecule has 1 fully saturated rings. The SMILES string of the molecule is C=CCOc1ccc(-c2nn(-c3ccccc3)cc2/C=C(\C#N)C(=O)N2CCN(C)CC2)cc1. The predicted octanol–water partition coefficient (Wildman–Crippen LogP) is 3.79. The molecule has 34 heavy (non-hydrogen) atoms. The number of piperazine rings is 1. The lowest BCUT2D eigenvalue weighted by molar-refractivity contribution is -0.128. The highest BCUT2D eigenvalue weighted by molar-refractivity contribution is 6.02. The van der Waals surface area contributed by atoms with Crippen LogP contribution in [0.2, 0.25) is 0 Å². The van der Waals surface area contributed by atoms with Gasteiger partial charge >= 0.3 is 0 Å². The molecule has 3 aromatic rings. The number of carbonyl (C=O) groups excluding carboxylic acids is 1. The number of rotatable bonds is 7. The molecule has 0 radical (unpaired) electrons. The zero-order valence-electron chi connectivity index (χ0n) is 19.2. The van der Waals surface area contributed by atoms with E-state index in [1.807, 2.05) is 67.8 Å². The summed E-state index contributed by atoms with van der Waals surface area (Å²) in [5.74, 6) is 0.480. The normalized spacial score (nSPS) is 14.5. The van der Waals surface area contributed by atoms with Crippen molar-refractivity contribution in [2.75, 3.05) is 39.8 Å². The van der Waals surface area contributed by atoms with Crippen LogP contribution >= 0.6 is 0 Å². The lowest BCUT2D eigenvalue weighted by Crippen LogP contribution is -2.47. The molecule has 1 aliphatic heterocycles. The Labute approximate surface area is 199 Å². The summed E-state index contributed by atoms with van der Waals surface area (Å²) in [6.07, 6.45) is 5.19. The first-order chi connectivity index (χ1) is 16.6. The van der Waals surface area contributed by atoms with E-state index in [0.29, 0.717) is 31.0 Å². The van der Waals surface area contributed by atoms with Gasteiger partial charge in [0.25, 0.3) is 5.91 Å². The van der Waals surface area contributed by atoms with Gasteiger partial charge in [0.05, 0.1) is 11.4 Å². The number of carbonyl (C=O) groups is 1. The van der Waals surface area contributed by atoms with Gasteiger partial charge < -0.3 is 14.5 Å². The van der Waals surface area contributed by atoms with Crippen LogP contribution in [0.25, 0.3) is 23.0 Å². The van der Waals surface area contributed by atoms with Gasteiger partial charge in [0, 0.05) is 43.5 Å². The van der Waals surface area contributed by atoms with E-state index in [4.69, 9.17) is 9.84 Å². The third-order valence-electron chi connectivity index (χ3n) is 5.70. The van der Waals surface area contributed by atoms with E-state index in [9.17, 15) is 10.1 Å². The van der Waals surface area contributed by atoms with Crippen LogP contribution in [0.5, 0.6) is 5.75 Å². The lowest BCUT2D eigenvalue weighted by atomic mass is 10.1. The molecule has 1 amide bonds. The number of hydrogen-bond acceptors (Lipinski definition) is 5. The van der Waals surface area contributed by atoms with Crippen molar-refractivity contribution >= 4 is 12.0 Å². The molecule has 4 rings (SSSR count). The number of aromatic nitrogens is 2. The van der Waals surface area contributed by atoms with Crippen molar-refractivity contribution in [2.24, 2.45) is 0 Å². The summed E-state index contributed by atoms with van der Waals surface area (Å²) in [5, 5.41) is 14.6. The summed E-state index contributed by atoms with van der Waals surface area (Å²) in [7, 11) is 2.03. The predicted molar refractivity (Wildman–Crippen MR) is 132 cm³/mol. The van der Waals surface area contributed by atoms with Gasteiger partial charge in [-0.3, -0.25) is 4.79 Å². The highest BCUT2D eigenvalue weighted by Crippen LogP contribution is 2.28. The largest absolute Gasteiger partial charge is 0.490 e. The topological polar surface area (TPSA) is 74.4 Å². The molecule has 0 atom stereocenters. The maximum absolute atomic E-state index is 13.1. The van der Waals surface area contributed by atoms with Crippen LogP contribution in [0.3, 0.4) is 0 Å². The second-order valence-electron chi connectivity index (χ2n) is 8.10. The van der Waals surface area contributed by atoms with Gasteiger partial charge in [-0.05, 0) is 49.5 Å². The third kappa shape index (κ3) is 5.25. The number of hydrogen-bond donors (Lipinski definition) is 0. The monoisotopic (exact) mass is 453 g/mol. The summed E-state index contributed by atoms with van der Waals surface area (Å²) in [6, 6.07) is 19.4. The molecule has 2 aromatic carbocycles. The molecule has 172 valence electrons. The Morgan fingerprint density at radius 3 is 2.47 bits per heavy atom. The van der Waals surface area contributed by atoms with Gasteiger partial charge in [-0.1, -0.05) is 30.9 Å². The Kier molecular flexibility index (Phi) is 7.21. The molecule has 1 aromatic heterocycles. The van der Waals surface area contributed by atoms with E-state index >= 15 is 0 Å². The number of benzene rings is 2. The standard InChI is InChI=1S/C27H27N5O2/c1-3-17-34-25-11-9-21(10-12-25)26-23(20-32(29-26)24-7-5-4-6-8-24)18-22(19-28)27(33)31-15-13-30(2)14-16-31/h3-12,18,20H,1,13-17H2,2H3/b22-18+. The number of nitriles is 1. The summed E-state index contributed by atoms with van der Waals surface area (Å²) < 4.78 is 7.35. The summed E-state index contributed by atoms with van der Waals surface area (Å²) >= 11 is 0. The van der Waals surface area contributed by atoms with Gasteiger partial charge in [0.15, 0.2) is 0 Å². The van der Waals surface area contributed by atoms with Gasteiger partial charge in [-0.15, -0.1) is 0 Å². The average Bonchev–Trinajstić information content (AvgIpc) is 3.31. The second kappa shape index (κ2) is 10.6. The molecular weight excluding hydrogens is 426 g/mol. The van der Waals surface area contributed by atoms with Crippen molar-refractivity contribution in [1.82, 2.24) is 19.6 Å². The van der Waals surface area contributed by atoms with E-state index in [1.165, 1.54) is 0 Å². The molecule has 0 bridgehead atoms. The van der Waals surface area contributed by atoms with Gasteiger partial charge in [-0.25, -0.2) is 4.68 Å². The first-order valence-corrected chi connectivity index (χ1v) is 11.2. The fourth-order valence-electron chi connectivity index (χ4n) is 3.77. The van der Waals surface area contributed by atoms with Crippen molar-refractivity contribution in [1.29, 1.82) is 5.26 Å². The first-order valence-electron chi connectivity index (χ1n) is 11.2. The van der Waals surface area contributed by atoms with Gasteiger partial charge in [0.1, 0.15) is 24.0 Å². The quantitative estimate of drug-likeness (QED) is 0.309. The van der Waals surface area contributed by atoms with E-state index in [2.05, 4.69) is 17.5 Å². The summed E-state index contributed by atoms with van der Waals surface area (Å²) in [6.45, 7) is 6.90. The summed E-state index contributed by atoms with van der Waals surface area (Å²) in [5.41, 5.74) is 3.22. The zero-order valence-corrected chi connectivity index (χ0v) is 19.2. The molecule has 0 spiro atoms. The fourth-order valence-corrected chi connectivity index (χ4v) is 3.77. The molecule has 7 nitrogen and oxygen atoms in total. The second-order valence-corrected chi connectivity index (χ2v) is 8.10. The number of likely N-dealkylation sites (N-methyl/N-ethyl adjacent to an activating group) is 1. The lowest BCUT2D eigenvalue weighted by Gasteiger charge is -2.32. The average molecular weight is 454 g/mol. The highest BCUT2D eigenvalue weighted by Gasteiger charge is 2.23. The molecule has 0 unspecified atom stereocenters. The van der Waals surface area contributed by atoms with Crippen LogP contribution in [0.4, 0.5) is 0 Å². The molecule has 2 heterocycles. The maximum atomic E-state index is 13.1. The Hall–Kier alpha value is -4.15. The van der Waals surface area contributed by atoms with Crippen LogP contribution in [-0.2, 0) is 4.79 Å². The minimum absolute atomic E-state index is 0.101. The Balaban J connectivity index is 1.71. The van der Waals surface area contributed by atoms with Crippen LogP contribution in [0.15, 0.2) is 79.0 Å². The number of ether oxygens (including phenoxy) is 1. The van der Waals surface area contributed by atoms with Gasteiger partial charge in [-0.2, -0.15) is 10.4 Å². The zero-order chi connectivity index (χ0) is 23.9. The van der Waals surface area contributed by atoms with E-state index < -0.39 is 0 Å². The smallest absolute Gasteiger partial charge is 0.264 e.